The third-order valence-electron chi connectivity index (χ3n) is 4.15. The van der Waals surface area contributed by atoms with E-state index in [0.717, 1.165) is 0 Å². The Balaban J connectivity index is 1.71. The summed E-state index contributed by atoms with van der Waals surface area (Å²) in [7, 11) is 0. The molecule has 1 aliphatic heterocycles. The highest BCUT2D eigenvalue weighted by molar-refractivity contribution is 6.05. The first-order valence-corrected chi connectivity index (χ1v) is 8.43. The molecule has 8 heteroatoms. The molecule has 3 rings (SSSR count). The fourth-order valence-corrected chi connectivity index (χ4v) is 2.98. The molecular weight excluding hydrogens is 356 g/mol. The molecule has 0 spiro atoms. The van der Waals surface area contributed by atoms with Crippen molar-refractivity contribution in [2.45, 2.75) is 26.0 Å². The topological polar surface area (TPSA) is 70.7 Å². The van der Waals surface area contributed by atoms with Gasteiger partial charge in [-0.1, -0.05) is 12.1 Å². The molecule has 2 amide bonds. The Morgan fingerprint density at radius 3 is 2.67 bits per heavy atom. The van der Waals surface area contributed by atoms with Crippen molar-refractivity contribution in [1.29, 1.82) is 0 Å². The van der Waals surface area contributed by atoms with E-state index in [9.17, 15) is 18.4 Å². The summed E-state index contributed by atoms with van der Waals surface area (Å²) in [6, 6.07) is 12.7. The maximum Gasteiger partial charge on any atom is 0.387 e. The first kappa shape index (κ1) is 18.6. The highest BCUT2D eigenvalue weighted by Crippen LogP contribution is 2.31. The SMILES string of the molecule is CC1CC(=O)Nc2ccccc2N1C(=O)CNc1ccc(OC(F)F)cc1. The lowest BCUT2D eigenvalue weighted by Gasteiger charge is -2.28. The van der Waals surface area contributed by atoms with Crippen LogP contribution >= 0.6 is 0 Å². The minimum Gasteiger partial charge on any atom is -0.435 e. The maximum absolute atomic E-state index is 12.8. The zero-order valence-electron chi connectivity index (χ0n) is 14.6. The van der Waals surface area contributed by atoms with Crippen molar-refractivity contribution in [2.24, 2.45) is 0 Å². The number of carbonyl (C=O) groups excluding carboxylic acids is 2. The predicted octanol–water partition coefficient (Wildman–Crippen LogP) is 3.46. The molecule has 1 heterocycles. The van der Waals surface area contributed by atoms with Gasteiger partial charge in [-0.05, 0) is 43.3 Å². The van der Waals surface area contributed by atoms with Gasteiger partial charge in [0.05, 0.1) is 17.9 Å². The number of carbonyl (C=O) groups is 2. The lowest BCUT2D eigenvalue weighted by Crippen LogP contribution is -2.42. The number of anilines is 3. The number of fused-ring (bicyclic) bond motifs is 1. The fraction of sp³-hybridized carbons (Fsp3) is 0.263. The average molecular weight is 375 g/mol. The van der Waals surface area contributed by atoms with Crippen molar-refractivity contribution < 1.29 is 23.1 Å². The maximum atomic E-state index is 12.8. The highest BCUT2D eigenvalue weighted by atomic mass is 19.3. The Morgan fingerprint density at radius 2 is 1.96 bits per heavy atom. The lowest BCUT2D eigenvalue weighted by atomic mass is 10.1. The zero-order chi connectivity index (χ0) is 19.4. The predicted molar refractivity (Wildman–Crippen MR) is 98.2 cm³/mol. The summed E-state index contributed by atoms with van der Waals surface area (Å²) < 4.78 is 28.7. The van der Waals surface area contributed by atoms with Gasteiger partial charge in [-0.3, -0.25) is 9.59 Å². The van der Waals surface area contributed by atoms with E-state index in [0.29, 0.717) is 17.1 Å². The molecule has 142 valence electrons. The number of halogens is 2. The molecule has 6 nitrogen and oxygen atoms in total. The Labute approximate surface area is 155 Å². The van der Waals surface area contributed by atoms with E-state index in [1.165, 1.54) is 12.1 Å². The van der Waals surface area contributed by atoms with Crippen LogP contribution in [-0.2, 0) is 9.59 Å². The molecule has 0 radical (unpaired) electrons. The molecule has 1 unspecified atom stereocenters. The van der Waals surface area contributed by atoms with E-state index in [2.05, 4.69) is 15.4 Å². The van der Waals surface area contributed by atoms with E-state index < -0.39 is 6.61 Å². The summed E-state index contributed by atoms with van der Waals surface area (Å²) in [5, 5.41) is 5.77. The third kappa shape index (κ3) is 4.52. The average Bonchev–Trinajstić information content (AvgIpc) is 2.74. The molecule has 2 N–H and O–H groups in total. The van der Waals surface area contributed by atoms with Gasteiger partial charge in [0.15, 0.2) is 0 Å². The number of para-hydroxylation sites is 2. The second-order valence-corrected chi connectivity index (χ2v) is 6.14. The van der Waals surface area contributed by atoms with Crippen LogP contribution in [0, 0.1) is 0 Å². The van der Waals surface area contributed by atoms with Gasteiger partial charge in [-0.25, -0.2) is 0 Å². The molecule has 0 fully saturated rings. The van der Waals surface area contributed by atoms with E-state index in [4.69, 9.17) is 0 Å². The molecule has 1 aliphatic rings. The number of rotatable bonds is 5. The Morgan fingerprint density at radius 1 is 1.26 bits per heavy atom. The third-order valence-corrected chi connectivity index (χ3v) is 4.15. The van der Waals surface area contributed by atoms with E-state index in [1.54, 1.807) is 41.3 Å². The van der Waals surface area contributed by atoms with Crippen molar-refractivity contribution in [3.05, 3.63) is 48.5 Å². The minimum absolute atomic E-state index is 0.0120. The Kier molecular flexibility index (Phi) is 5.54. The van der Waals surface area contributed by atoms with Crippen LogP contribution in [0.5, 0.6) is 5.75 Å². The summed E-state index contributed by atoms with van der Waals surface area (Å²) in [5.41, 5.74) is 1.83. The molecule has 1 atom stereocenters. The number of hydrogen-bond acceptors (Lipinski definition) is 4. The van der Waals surface area contributed by atoms with Crippen LogP contribution in [0.2, 0.25) is 0 Å². The van der Waals surface area contributed by atoms with Gasteiger partial charge >= 0.3 is 6.61 Å². The molecule has 0 aliphatic carbocycles. The lowest BCUT2D eigenvalue weighted by molar-refractivity contribution is -0.118. The van der Waals surface area contributed by atoms with E-state index in [1.807, 2.05) is 6.92 Å². The second kappa shape index (κ2) is 8.03. The first-order valence-electron chi connectivity index (χ1n) is 8.43. The first-order chi connectivity index (χ1) is 12.9. The summed E-state index contributed by atoms with van der Waals surface area (Å²) in [6.07, 6.45) is 0.195. The summed E-state index contributed by atoms with van der Waals surface area (Å²) in [4.78, 5) is 26.4. The second-order valence-electron chi connectivity index (χ2n) is 6.14. The molecular formula is C19H19F2N3O3. The van der Waals surface area contributed by atoms with Gasteiger partial charge < -0.3 is 20.3 Å². The molecule has 0 aromatic heterocycles. The zero-order valence-corrected chi connectivity index (χ0v) is 14.6. The number of ether oxygens (including phenoxy) is 1. The molecule has 0 bridgehead atoms. The summed E-state index contributed by atoms with van der Waals surface area (Å²) >= 11 is 0. The number of amides is 2. The molecule has 0 saturated carbocycles. The van der Waals surface area contributed by atoms with Crippen LogP contribution in [0.3, 0.4) is 0 Å². The van der Waals surface area contributed by atoms with Gasteiger partial charge in [0, 0.05) is 18.2 Å². The van der Waals surface area contributed by atoms with Gasteiger partial charge in [-0.15, -0.1) is 0 Å². The van der Waals surface area contributed by atoms with Gasteiger partial charge in [0.1, 0.15) is 5.75 Å². The fourth-order valence-electron chi connectivity index (χ4n) is 2.98. The number of nitrogens with one attached hydrogen (secondary N) is 2. The summed E-state index contributed by atoms with van der Waals surface area (Å²) in [5.74, 6) is -0.311. The van der Waals surface area contributed by atoms with Crippen LogP contribution in [-0.4, -0.2) is 31.0 Å². The number of alkyl halides is 2. The van der Waals surface area contributed by atoms with Crippen molar-refractivity contribution in [2.75, 3.05) is 22.1 Å². The number of hydrogen-bond donors (Lipinski definition) is 2. The molecule has 0 saturated heterocycles. The van der Waals surface area contributed by atoms with Gasteiger partial charge in [-0.2, -0.15) is 8.78 Å². The van der Waals surface area contributed by atoms with Crippen molar-refractivity contribution in [1.82, 2.24) is 0 Å². The van der Waals surface area contributed by atoms with Crippen LogP contribution in [0.15, 0.2) is 48.5 Å². The molecule has 27 heavy (non-hydrogen) atoms. The van der Waals surface area contributed by atoms with Crippen molar-refractivity contribution >= 4 is 28.9 Å². The Bertz CT molecular complexity index is 827. The Hall–Kier alpha value is -3.16. The van der Waals surface area contributed by atoms with Crippen LogP contribution in [0.25, 0.3) is 0 Å². The molecule has 2 aromatic carbocycles. The van der Waals surface area contributed by atoms with Crippen LogP contribution in [0.1, 0.15) is 13.3 Å². The van der Waals surface area contributed by atoms with Gasteiger partial charge in [0.25, 0.3) is 0 Å². The quantitative estimate of drug-likeness (QED) is 0.840. The van der Waals surface area contributed by atoms with Gasteiger partial charge in [0.2, 0.25) is 11.8 Å². The highest BCUT2D eigenvalue weighted by Gasteiger charge is 2.29. The smallest absolute Gasteiger partial charge is 0.387 e. The van der Waals surface area contributed by atoms with E-state index >= 15 is 0 Å². The van der Waals surface area contributed by atoms with Crippen molar-refractivity contribution in [3.8, 4) is 5.75 Å². The standard InChI is InChI=1S/C19H19F2N3O3/c1-12-10-17(25)23-15-4-2-3-5-16(15)24(12)18(26)11-22-13-6-8-14(9-7-13)27-19(20)21/h2-9,12,19,22H,10-11H2,1H3,(H,23,25). The monoisotopic (exact) mass is 375 g/mol. The van der Waals surface area contributed by atoms with E-state index in [-0.39, 0.29) is 36.6 Å². The largest absolute Gasteiger partial charge is 0.435 e. The normalized spacial score (nSPS) is 16.4. The summed E-state index contributed by atoms with van der Waals surface area (Å²) in [6.45, 7) is -1.08. The number of nitrogens with zero attached hydrogens (tertiary/aromatic N) is 1. The van der Waals surface area contributed by atoms with Crippen molar-refractivity contribution in [3.63, 3.8) is 0 Å². The van der Waals surface area contributed by atoms with Crippen LogP contribution in [0.4, 0.5) is 25.8 Å². The van der Waals surface area contributed by atoms with Crippen LogP contribution < -0.4 is 20.3 Å². The molecule has 2 aromatic rings. The number of benzene rings is 2. The minimum atomic E-state index is -2.88.